The predicted octanol–water partition coefficient (Wildman–Crippen LogP) is 1.74. The molecule has 0 aromatic carbocycles. The molecule has 0 unspecified atom stereocenters. The fourth-order valence-electron chi connectivity index (χ4n) is 1.40. The van der Waals surface area contributed by atoms with Gasteiger partial charge in [-0.1, -0.05) is 6.07 Å². The fourth-order valence-corrected chi connectivity index (χ4v) is 1.40. The number of pyridine rings is 1. The molecule has 0 aliphatic rings. The third-order valence-corrected chi connectivity index (χ3v) is 2.12. The summed E-state index contributed by atoms with van der Waals surface area (Å²) in [6.07, 6.45) is 3.84. The quantitative estimate of drug-likeness (QED) is 0.824. The molecule has 0 aliphatic heterocycles. The van der Waals surface area contributed by atoms with E-state index in [0.29, 0.717) is 0 Å². The molecule has 2 aromatic heterocycles. The third-order valence-electron chi connectivity index (χ3n) is 2.12. The van der Waals surface area contributed by atoms with Gasteiger partial charge in [-0.05, 0) is 19.1 Å². The van der Waals surface area contributed by atoms with Crippen LogP contribution in [-0.4, -0.2) is 14.8 Å². The summed E-state index contributed by atoms with van der Waals surface area (Å²) in [5.41, 5.74) is 2.17. The standard InChI is InChI=1S/C11H14N4/c1-9-4-3-5-11(14-9)12-6-10-7-13-15(2)8-10/h3-5,7-8H,6H2,1-2H3,(H,12,14). The molecule has 0 fully saturated rings. The molecule has 0 aliphatic carbocycles. The lowest BCUT2D eigenvalue weighted by atomic mass is 10.3. The SMILES string of the molecule is Cc1cccc(NCc2cnn(C)c2)n1. The van der Waals surface area contributed by atoms with Crippen LogP contribution in [0.25, 0.3) is 0 Å². The molecule has 0 spiro atoms. The predicted molar refractivity (Wildman–Crippen MR) is 59.5 cm³/mol. The average Bonchev–Trinajstić information content (AvgIpc) is 2.62. The molecule has 0 saturated carbocycles. The monoisotopic (exact) mass is 202 g/mol. The second-order valence-electron chi connectivity index (χ2n) is 3.54. The second kappa shape index (κ2) is 4.13. The highest BCUT2D eigenvalue weighted by atomic mass is 15.2. The van der Waals surface area contributed by atoms with Crippen molar-refractivity contribution in [3.8, 4) is 0 Å². The van der Waals surface area contributed by atoms with E-state index < -0.39 is 0 Å². The molecular weight excluding hydrogens is 188 g/mol. The number of anilines is 1. The minimum atomic E-state index is 0.754. The summed E-state index contributed by atoms with van der Waals surface area (Å²) in [6.45, 7) is 2.74. The van der Waals surface area contributed by atoms with Crippen molar-refractivity contribution in [2.45, 2.75) is 13.5 Å². The Morgan fingerprint density at radius 3 is 2.93 bits per heavy atom. The second-order valence-corrected chi connectivity index (χ2v) is 3.54. The molecular formula is C11H14N4. The van der Waals surface area contributed by atoms with Crippen LogP contribution in [0.3, 0.4) is 0 Å². The summed E-state index contributed by atoms with van der Waals surface area (Å²) < 4.78 is 1.79. The van der Waals surface area contributed by atoms with E-state index in [9.17, 15) is 0 Å². The van der Waals surface area contributed by atoms with Crippen molar-refractivity contribution in [2.75, 3.05) is 5.32 Å². The van der Waals surface area contributed by atoms with Gasteiger partial charge in [0.25, 0.3) is 0 Å². The molecule has 0 bridgehead atoms. The highest BCUT2D eigenvalue weighted by molar-refractivity contribution is 5.35. The molecule has 0 saturated heterocycles. The largest absolute Gasteiger partial charge is 0.366 e. The van der Waals surface area contributed by atoms with Crippen LogP contribution in [0.2, 0.25) is 0 Å². The Hall–Kier alpha value is -1.84. The minimum Gasteiger partial charge on any atom is -0.366 e. The molecule has 2 rings (SSSR count). The Balaban J connectivity index is 1.99. The first-order valence-corrected chi connectivity index (χ1v) is 4.89. The summed E-state index contributed by atoms with van der Waals surface area (Å²) in [6, 6.07) is 5.94. The van der Waals surface area contributed by atoms with Crippen LogP contribution in [0.15, 0.2) is 30.6 Å². The van der Waals surface area contributed by atoms with Crippen molar-refractivity contribution in [1.29, 1.82) is 0 Å². The minimum absolute atomic E-state index is 0.754. The number of hydrogen-bond donors (Lipinski definition) is 1. The lowest BCUT2D eigenvalue weighted by molar-refractivity contribution is 0.767. The molecule has 4 heteroatoms. The summed E-state index contributed by atoms with van der Waals surface area (Å²) in [5, 5.41) is 7.35. The highest BCUT2D eigenvalue weighted by Crippen LogP contribution is 2.06. The Kier molecular flexibility index (Phi) is 2.67. The number of rotatable bonds is 3. The fraction of sp³-hybridized carbons (Fsp3) is 0.273. The van der Waals surface area contributed by atoms with Crippen LogP contribution in [0, 0.1) is 6.92 Å². The molecule has 0 radical (unpaired) electrons. The van der Waals surface area contributed by atoms with Crippen molar-refractivity contribution in [2.24, 2.45) is 7.05 Å². The summed E-state index contributed by atoms with van der Waals surface area (Å²) in [4.78, 5) is 4.36. The van der Waals surface area contributed by atoms with Crippen LogP contribution in [-0.2, 0) is 13.6 Å². The lowest BCUT2D eigenvalue weighted by Gasteiger charge is -2.03. The van der Waals surface area contributed by atoms with Gasteiger partial charge < -0.3 is 5.32 Å². The smallest absolute Gasteiger partial charge is 0.126 e. The van der Waals surface area contributed by atoms with Gasteiger partial charge in [0.05, 0.1) is 6.20 Å². The van der Waals surface area contributed by atoms with Crippen LogP contribution < -0.4 is 5.32 Å². The number of nitrogens with zero attached hydrogens (tertiary/aromatic N) is 3. The van der Waals surface area contributed by atoms with Crippen molar-refractivity contribution in [3.63, 3.8) is 0 Å². The third kappa shape index (κ3) is 2.56. The molecule has 1 N–H and O–H groups in total. The van der Waals surface area contributed by atoms with E-state index in [4.69, 9.17) is 0 Å². The number of nitrogens with one attached hydrogen (secondary N) is 1. The van der Waals surface area contributed by atoms with E-state index in [0.717, 1.165) is 23.6 Å². The maximum Gasteiger partial charge on any atom is 0.126 e. The van der Waals surface area contributed by atoms with E-state index in [2.05, 4.69) is 15.4 Å². The summed E-state index contributed by atoms with van der Waals surface area (Å²) in [7, 11) is 1.91. The Morgan fingerprint density at radius 2 is 2.27 bits per heavy atom. The van der Waals surface area contributed by atoms with Gasteiger partial charge in [0.1, 0.15) is 5.82 Å². The molecule has 15 heavy (non-hydrogen) atoms. The zero-order valence-corrected chi connectivity index (χ0v) is 8.94. The zero-order valence-electron chi connectivity index (χ0n) is 8.94. The Bertz CT molecular complexity index is 447. The van der Waals surface area contributed by atoms with E-state index in [1.165, 1.54) is 0 Å². The van der Waals surface area contributed by atoms with Gasteiger partial charge >= 0.3 is 0 Å². The van der Waals surface area contributed by atoms with Gasteiger partial charge in [-0.2, -0.15) is 5.10 Å². The van der Waals surface area contributed by atoms with Crippen molar-refractivity contribution >= 4 is 5.82 Å². The topological polar surface area (TPSA) is 42.7 Å². The van der Waals surface area contributed by atoms with E-state index in [1.54, 1.807) is 4.68 Å². The molecule has 2 aromatic rings. The Morgan fingerprint density at radius 1 is 1.40 bits per heavy atom. The molecule has 2 heterocycles. The highest BCUT2D eigenvalue weighted by Gasteiger charge is 1.97. The number of aryl methyl sites for hydroxylation is 2. The normalized spacial score (nSPS) is 10.3. The summed E-state index contributed by atoms with van der Waals surface area (Å²) >= 11 is 0. The van der Waals surface area contributed by atoms with Gasteiger partial charge in [-0.15, -0.1) is 0 Å². The van der Waals surface area contributed by atoms with Gasteiger partial charge in [-0.25, -0.2) is 4.98 Å². The summed E-state index contributed by atoms with van der Waals surface area (Å²) in [5.74, 6) is 0.902. The zero-order chi connectivity index (χ0) is 10.7. The first kappa shape index (κ1) is 9.71. The molecule has 78 valence electrons. The Labute approximate surface area is 89.0 Å². The lowest BCUT2D eigenvalue weighted by Crippen LogP contribution is -2.00. The van der Waals surface area contributed by atoms with E-state index in [1.807, 2.05) is 44.6 Å². The van der Waals surface area contributed by atoms with Gasteiger partial charge in [0.15, 0.2) is 0 Å². The van der Waals surface area contributed by atoms with Crippen LogP contribution in [0.4, 0.5) is 5.82 Å². The average molecular weight is 202 g/mol. The maximum atomic E-state index is 4.36. The van der Waals surface area contributed by atoms with E-state index >= 15 is 0 Å². The number of hydrogen-bond acceptors (Lipinski definition) is 3. The van der Waals surface area contributed by atoms with Gasteiger partial charge in [0, 0.05) is 31.0 Å². The van der Waals surface area contributed by atoms with E-state index in [-0.39, 0.29) is 0 Å². The first-order chi connectivity index (χ1) is 7.24. The molecule has 4 nitrogen and oxygen atoms in total. The first-order valence-electron chi connectivity index (χ1n) is 4.89. The van der Waals surface area contributed by atoms with Crippen molar-refractivity contribution in [3.05, 3.63) is 41.9 Å². The number of aromatic nitrogens is 3. The van der Waals surface area contributed by atoms with Crippen LogP contribution >= 0.6 is 0 Å². The van der Waals surface area contributed by atoms with Crippen LogP contribution in [0.5, 0.6) is 0 Å². The van der Waals surface area contributed by atoms with Crippen molar-refractivity contribution in [1.82, 2.24) is 14.8 Å². The molecule has 0 amide bonds. The van der Waals surface area contributed by atoms with Crippen molar-refractivity contribution < 1.29 is 0 Å². The molecule has 0 atom stereocenters. The van der Waals surface area contributed by atoms with Crippen LogP contribution in [0.1, 0.15) is 11.3 Å². The van der Waals surface area contributed by atoms with Gasteiger partial charge in [-0.3, -0.25) is 4.68 Å². The maximum absolute atomic E-state index is 4.36. The van der Waals surface area contributed by atoms with Gasteiger partial charge in [0.2, 0.25) is 0 Å².